The van der Waals surface area contributed by atoms with Crippen LogP contribution in [0, 0.1) is 0 Å². The molecule has 1 amide bonds. The van der Waals surface area contributed by atoms with E-state index in [1.165, 1.54) is 5.56 Å². The number of amides is 1. The molecule has 114 valence electrons. The van der Waals surface area contributed by atoms with Crippen molar-refractivity contribution in [2.24, 2.45) is 0 Å². The van der Waals surface area contributed by atoms with Gasteiger partial charge in [0, 0.05) is 0 Å². The highest BCUT2D eigenvalue weighted by atomic mass is 16.6. The number of para-hydroxylation sites is 1. The second kappa shape index (κ2) is 5.48. The van der Waals surface area contributed by atoms with Crippen molar-refractivity contribution in [1.82, 2.24) is 0 Å². The summed E-state index contributed by atoms with van der Waals surface area (Å²) in [5, 5.41) is 0. The van der Waals surface area contributed by atoms with Gasteiger partial charge in [-0.25, -0.2) is 4.79 Å². The third-order valence-corrected chi connectivity index (χ3v) is 3.75. The molecule has 3 rings (SSSR count). The summed E-state index contributed by atoms with van der Waals surface area (Å²) in [5.74, 6) is 0. The van der Waals surface area contributed by atoms with E-state index in [4.69, 9.17) is 4.74 Å². The second-order valence-electron chi connectivity index (χ2n) is 6.61. The molecule has 0 saturated carbocycles. The van der Waals surface area contributed by atoms with Gasteiger partial charge >= 0.3 is 6.09 Å². The number of nitrogens with zero attached hydrogens (tertiary/aromatic N) is 1. The fourth-order valence-electron chi connectivity index (χ4n) is 2.86. The topological polar surface area (TPSA) is 29.5 Å². The molecule has 2 aromatic carbocycles. The van der Waals surface area contributed by atoms with Crippen molar-refractivity contribution >= 4 is 11.8 Å². The van der Waals surface area contributed by atoms with Crippen molar-refractivity contribution < 1.29 is 9.53 Å². The molecule has 1 heterocycles. The Hall–Kier alpha value is -2.29. The first-order chi connectivity index (χ1) is 10.5. The number of fused-ring (bicyclic) bond motifs is 1. The van der Waals surface area contributed by atoms with Gasteiger partial charge in [0.05, 0.1) is 11.7 Å². The lowest BCUT2D eigenvalue weighted by molar-refractivity contribution is 0.0569. The van der Waals surface area contributed by atoms with Gasteiger partial charge in [0.1, 0.15) is 5.60 Å². The molecule has 22 heavy (non-hydrogen) atoms. The van der Waals surface area contributed by atoms with E-state index in [2.05, 4.69) is 18.2 Å². The number of benzene rings is 2. The van der Waals surface area contributed by atoms with Crippen LogP contribution < -0.4 is 4.90 Å². The Morgan fingerprint density at radius 1 is 1.05 bits per heavy atom. The predicted molar refractivity (Wildman–Crippen MR) is 88.0 cm³/mol. The highest BCUT2D eigenvalue weighted by Gasteiger charge is 2.37. The molecule has 0 bridgehead atoms. The minimum Gasteiger partial charge on any atom is -0.443 e. The zero-order valence-corrected chi connectivity index (χ0v) is 13.2. The standard InChI is InChI=1S/C19H21NO2/c1-19(2,3)22-18(21)20-16-12-8-7-11-15(16)13-17(20)14-9-5-4-6-10-14/h4-12,17H,13H2,1-3H3/t17-/m0/s1. The molecule has 0 unspecified atom stereocenters. The largest absolute Gasteiger partial charge is 0.443 e. The predicted octanol–water partition coefficient (Wildman–Crippen LogP) is 4.73. The van der Waals surface area contributed by atoms with E-state index in [9.17, 15) is 4.79 Å². The first-order valence-corrected chi connectivity index (χ1v) is 7.61. The van der Waals surface area contributed by atoms with Gasteiger partial charge in [0.2, 0.25) is 0 Å². The Labute approximate surface area is 131 Å². The van der Waals surface area contributed by atoms with Crippen LogP contribution >= 0.6 is 0 Å². The van der Waals surface area contributed by atoms with Gasteiger partial charge < -0.3 is 4.74 Å². The molecule has 3 heteroatoms. The van der Waals surface area contributed by atoms with Crippen LogP contribution in [0.1, 0.15) is 37.9 Å². The van der Waals surface area contributed by atoms with E-state index in [-0.39, 0.29) is 12.1 Å². The fourth-order valence-corrected chi connectivity index (χ4v) is 2.86. The van der Waals surface area contributed by atoms with E-state index in [1.54, 1.807) is 4.90 Å². The number of hydrogen-bond acceptors (Lipinski definition) is 2. The molecule has 0 radical (unpaired) electrons. The van der Waals surface area contributed by atoms with Crippen LogP contribution in [0.15, 0.2) is 54.6 Å². The number of rotatable bonds is 1. The summed E-state index contributed by atoms with van der Waals surface area (Å²) in [5.41, 5.74) is 2.76. The lowest BCUT2D eigenvalue weighted by Gasteiger charge is -2.29. The molecule has 1 aliphatic rings. The zero-order chi connectivity index (χ0) is 15.7. The number of carbonyl (C=O) groups is 1. The van der Waals surface area contributed by atoms with E-state index in [1.807, 2.05) is 57.2 Å². The Morgan fingerprint density at radius 2 is 1.68 bits per heavy atom. The molecule has 0 fully saturated rings. The number of carbonyl (C=O) groups excluding carboxylic acids is 1. The van der Waals surface area contributed by atoms with Crippen LogP contribution in [0.3, 0.4) is 0 Å². The van der Waals surface area contributed by atoms with Crippen molar-refractivity contribution in [2.45, 2.75) is 38.8 Å². The maximum atomic E-state index is 12.7. The zero-order valence-electron chi connectivity index (χ0n) is 13.2. The number of hydrogen-bond donors (Lipinski definition) is 0. The van der Waals surface area contributed by atoms with Gasteiger partial charge in [0.25, 0.3) is 0 Å². The summed E-state index contributed by atoms with van der Waals surface area (Å²) in [6.07, 6.45) is 0.533. The van der Waals surface area contributed by atoms with Gasteiger partial charge in [0.15, 0.2) is 0 Å². The van der Waals surface area contributed by atoms with Crippen molar-refractivity contribution in [2.75, 3.05) is 4.90 Å². The summed E-state index contributed by atoms with van der Waals surface area (Å²) in [7, 11) is 0. The lowest BCUT2D eigenvalue weighted by atomic mass is 10.0. The van der Waals surface area contributed by atoms with E-state index in [0.29, 0.717) is 0 Å². The summed E-state index contributed by atoms with van der Waals surface area (Å²) >= 11 is 0. The van der Waals surface area contributed by atoms with Gasteiger partial charge in [-0.2, -0.15) is 0 Å². The summed E-state index contributed by atoms with van der Waals surface area (Å²) in [6.45, 7) is 5.68. The Balaban J connectivity index is 1.99. The van der Waals surface area contributed by atoms with Crippen molar-refractivity contribution in [3.63, 3.8) is 0 Å². The number of anilines is 1. The van der Waals surface area contributed by atoms with Gasteiger partial charge in [-0.3, -0.25) is 4.90 Å². The van der Waals surface area contributed by atoms with Crippen LogP contribution in [0.2, 0.25) is 0 Å². The maximum absolute atomic E-state index is 12.7. The second-order valence-corrected chi connectivity index (χ2v) is 6.61. The normalized spacial score (nSPS) is 17.2. The Kier molecular flexibility index (Phi) is 3.65. The molecule has 3 nitrogen and oxygen atoms in total. The minimum absolute atomic E-state index is 0.00606. The van der Waals surface area contributed by atoms with Gasteiger partial charge in [-0.15, -0.1) is 0 Å². The molecule has 0 aliphatic carbocycles. The summed E-state index contributed by atoms with van der Waals surface area (Å²) in [6, 6.07) is 18.2. The van der Waals surface area contributed by atoms with Crippen LogP contribution in [0.25, 0.3) is 0 Å². The van der Waals surface area contributed by atoms with Crippen LogP contribution in [-0.4, -0.2) is 11.7 Å². The van der Waals surface area contributed by atoms with E-state index >= 15 is 0 Å². The molecule has 1 atom stereocenters. The van der Waals surface area contributed by atoms with E-state index in [0.717, 1.165) is 17.7 Å². The number of ether oxygens (including phenoxy) is 1. The average Bonchev–Trinajstić information content (AvgIpc) is 2.86. The summed E-state index contributed by atoms with van der Waals surface area (Å²) in [4.78, 5) is 14.5. The molecular weight excluding hydrogens is 274 g/mol. The SMILES string of the molecule is CC(C)(C)OC(=O)N1c2ccccc2C[C@H]1c1ccccc1. The van der Waals surface area contributed by atoms with E-state index < -0.39 is 5.60 Å². The molecular formula is C19H21NO2. The Morgan fingerprint density at radius 3 is 2.36 bits per heavy atom. The third-order valence-electron chi connectivity index (χ3n) is 3.75. The molecule has 0 aromatic heterocycles. The van der Waals surface area contributed by atoms with Crippen molar-refractivity contribution in [3.05, 3.63) is 65.7 Å². The first-order valence-electron chi connectivity index (χ1n) is 7.61. The smallest absolute Gasteiger partial charge is 0.415 e. The lowest BCUT2D eigenvalue weighted by Crippen LogP contribution is -2.37. The van der Waals surface area contributed by atoms with Crippen molar-refractivity contribution in [3.8, 4) is 0 Å². The monoisotopic (exact) mass is 295 g/mol. The van der Waals surface area contributed by atoms with Crippen molar-refractivity contribution in [1.29, 1.82) is 0 Å². The molecule has 0 N–H and O–H groups in total. The molecule has 1 aliphatic heterocycles. The highest BCUT2D eigenvalue weighted by Crippen LogP contribution is 2.41. The van der Waals surface area contributed by atoms with Gasteiger partial charge in [-0.05, 0) is 44.4 Å². The highest BCUT2D eigenvalue weighted by molar-refractivity contribution is 5.91. The molecule has 0 spiro atoms. The quantitative estimate of drug-likeness (QED) is 0.761. The maximum Gasteiger partial charge on any atom is 0.415 e. The first kappa shape index (κ1) is 14.6. The third kappa shape index (κ3) is 2.84. The summed E-state index contributed by atoms with van der Waals surface area (Å²) < 4.78 is 5.62. The van der Waals surface area contributed by atoms with Crippen LogP contribution in [0.4, 0.5) is 10.5 Å². The fraction of sp³-hybridized carbons (Fsp3) is 0.316. The molecule has 0 saturated heterocycles. The molecule has 2 aromatic rings. The van der Waals surface area contributed by atoms with Gasteiger partial charge in [-0.1, -0.05) is 48.5 Å². The Bertz CT molecular complexity index is 673. The minimum atomic E-state index is -0.504. The van der Waals surface area contributed by atoms with Crippen LogP contribution in [0.5, 0.6) is 0 Å². The van der Waals surface area contributed by atoms with Crippen LogP contribution in [-0.2, 0) is 11.2 Å². The average molecular weight is 295 g/mol.